The molecule has 0 saturated carbocycles. The minimum Gasteiger partial charge on any atom is -0.544 e. The van der Waals surface area contributed by atoms with E-state index in [1.54, 1.807) is 20.8 Å². The maximum atomic E-state index is 12.1. The SMILES string of the molecule is CC(C)(C)OC(=O)N[C@@](C)(Cc1ccc(O[Si](C)(C)C(C)(C)C)cc1)C(=O)O. The zero-order valence-corrected chi connectivity index (χ0v) is 19.6. The van der Waals surface area contributed by atoms with Gasteiger partial charge in [0.25, 0.3) is 0 Å². The van der Waals surface area contributed by atoms with Gasteiger partial charge in [-0.05, 0) is 63.5 Å². The first-order valence-corrected chi connectivity index (χ1v) is 12.4. The predicted octanol–water partition coefficient (Wildman–Crippen LogP) is 4.98. The van der Waals surface area contributed by atoms with E-state index in [-0.39, 0.29) is 11.5 Å². The minimum absolute atomic E-state index is 0.0882. The highest BCUT2D eigenvalue weighted by Gasteiger charge is 2.39. The van der Waals surface area contributed by atoms with E-state index >= 15 is 0 Å². The Morgan fingerprint density at radius 1 is 1.00 bits per heavy atom. The van der Waals surface area contributed by atoms with Gasteiger partial charge in [-0.2, -0.15) is 0 Å². The van der Waals surface area contributed by atoms with E-state index < -0.39 is 31.5 Å². The molecule has 0 fully saturated rings. The molecule has 0 bridgehead atoms. The first-order valence-electron chi connectivity index (χ1n) is 9.48. The molecule has 6 nitrogen and oxygen atoms in total. The molecule has 2 N–H and O–H groups in total. The van der Waals surface area contributed by atoms with Crippen molar-refractivity contribution in [1.82, 2.24) is 5.32 Å². The van der Waals surface area contributed by atoms with E-state index in [1.165, 1.54) is 6.92 Å². The van der Waals surface area contributed by atoms with Crippen molar-refractivity contribution in [2.75, 3.05) is 0 Å². The maximum absolute atomic E-state index is 12.1. The molecule has 1 aromatic carbocycles. The van der Waals surface area contributed by atoms with Crippen LogP contribution in [-0.4, -0.2) is 36.6 Å². The number of carbonyl (C=O) groups is 2. The third-order valence-electron chi connectivity index (χ3n) is 4.91. The molecular weight excluding hydrogens is 374 g/mol. The van der Waals surface area contributed by atoms with Crippen molar-refractivity contribution in [1.29, 1.82) is 0 Å². The summed E-state index contributed by atoms with van der Waals surface area (Å²) in [5, 5.41) is 12.2. The molecule has 1 atom stereocenters. The lowest BCUT2D eigenvalue weighted by Gasteiger charge is -2.36. The van der Waals surface area contributed by atoms with Gasteiger partial charge >= 0.3 is 12.1 Å². The first-order chi connectivity index (χ1) is 12.5. The van der Waals surface area contributed by atoms with Crippen molar-refractivity contribution in [3.63, 3.8) is 0 Å². The predicted molar refractivity (Wildman–Crippen MR) is 113 cm³/mol. The molecule has 1 aromatic rings. The Morgan fingerprint density at radius 3 is 1.89 bits per heavy atom. The third-order valence-corrected chi connectivity index (χ3v) is 9.27. The van der Waals surface area contributed by atoms with E-state index in [9.17, 15) is 14.7 Å². The zero-order valence-electron chi connectivity index (χ0n) is 18.6. The normalized spacial score (nSPS) is 14.8. The Bertz CT molecular complexity index is 701. The standard InChI is InChI=1S/C21H35NO5Si/c1-19(2,3)26-18(25)22-21(7,17(23)24)14-15-10-12-16(13-11-15)27-28(8,9)20(4,5)6/h10-13H,14H2,1-9H3,(H,22,25)(H,23,24)/t21-/m0/s1. The number of nitrogens with one attached hydrogen (secondary N) is 1. The molecule has 0 saturated heterocycles. The highest BCUT2D eigenvalue weighted by molar-refractivity contribution is 6.74. The average Bonchev–Trinajstić information content (AvgIpc) is 2.45. The summed E-state index contributed by atoms with van der Waals surface area (Å²) >= 11 is 0. The topological polar surface area (TPSA) is 84.9 Å². The van der Waals surface area contributed by atoms with Crippen LogP contribution in [0.3, 0.4) is 0 Å². The van der Waals surface area contributed by atoms with Gasteiger partial charge in [0.1, 0.15) is 16.9 Å². The van der Waals surface area contributed by atoms with Crippen LogP contribution < -0.4 is 9.74 Å². The number of carboxylic acid groups (broad SMARTS) is 1. The van der Waals surface area contributed by atoms with E-state index in [1.807, 2.05) is 24.3 Å². The van der Waals surface area contributed by atoms with Crippen LogP contribution in [0.5, 0.6) is 5.75 Å². The van der Waals surface area contributed by atoms with Gasteiger partial charge in [0.05, 0.1) is 0 Å². The molecule has 0 unspecified atom stereocenters. The molecule has 7 heteroatoms. The Balaban J connectivity index is 2.92. The van der Waals surface area contributed by atoms with Crippen molar-refractivity contribution in [3.8, 4) is 5.75 Å². The second-order valence-electron chi connectivity index (χ2n) is 9.95. The molecule has 0 spiro atoms. The fourth-order valence-electron chi connectivity index (χ4n) is 2.23. The molecular formula is C21H35NO5Si. The Morgan fingerprint density at radius 2 is 1.50 bits per heavy atom. The van der Waals surface area contributed by atoms with E-state index in [0.29, 0.717) is 0 Å². The highest BCUT2D eigenvalue weighted by atomic mass is 28.4. The number of amides is 1. The number of carbonyl (C=O) groups excluding carboxylic acids is 1. The lowest BCUT2D eigenvalue weighted by molar-refractivity contribution is -0.144. The molecule has 0 aliphatic carbocycles. The van der Waals surface area contributed by atoms with E-state index in [0.717, 1.165) is 11.3 Å². The minimum atomic E-state index is -1.94. The van der Waals surface area contributed by atoms with Crippen LogP contribution >= 0.6 is 0 Å². The van der Waals surface area contributed by atoms with Crippen LogP contribution in [-0.2, 0) is 16.0 Å². The average molecular weight is 410 g/mol. The van der Waals surface area contributed by atoms with E-state index in [4.69, 9.17) is 9.16 Å². The van der Waals surface area contributed by atoms with Gasteiger partial charge in [0, 0.05) is 6.42 Å². The second-order valence-corrected chi connectivity index (χ2v) is 14.7. The van der Waals surface area contributed by atoms with Gasteiger partial charge in [0.15, 0.2) is 0 Å². The van der Waals surface area contributed by atoms with Gasteiger partial charge in [-0.1, -0.05) is 32.9 Å². The van der Waals surface area contributed by atoms with Crippen LogP contribution in [0.4, 0.5) is 4.79 Å². The highest BCUT2D eigenvalue weighted by Crippen LogP contribution is 2.37. The zero-order chi connectivity index (χ0) is 22.0. The summed E-state index contributed by atoms with van der Waals surface area (Å²) in [5.74, 6) is -0.354. The number of ether oxygens (including phenoxy) is 1. The van der Waals surface area contributed by atoms with E-state index in [2.05, 4.69) is 39.2 Å². The van der Waals surface area contributed by atoms with Crippen molar-refractivity contribution >= 4 is 20.4 Å². The fourth-order valence-corrected chi connectivity index (χ4v) is 3.26. The number of rotatable bonds is 6. The number of benzene rings is 1. The second kappa shape index (κ2) is 8.15. The Labute approximate surface area is 169 Å². The molecule has 28 heavy (non-hydrogen) atoms. The molecule has 0 radical (unpaired) electrons. The van der Waals surface area contributed by atoms with Crippen molar-refractivity contribution in [2.45, 2.75) is 84.2 Å². The molecule has 0 aromatic heterocycles. The number of carboxylic acids is 1. The van der Waals surface area contributed by atoms with Gasteiger partial charge in [-0.3, -0.25) is 0 Å². The summed E-state index contributed by atoms with van der Waals surface area (Å²) in [6.45, 7) is 17.5. The summed E-state index contributed by atoms with van der Waals surface area (Å²) in [5.41, 5.74) is -1.40. The third kappa shape index (κ3) is 6.85. The van der Waals surface area contributed by atoms with Crippen LogP contribution in [0, 0.1) is 0 Å². The van der Waals surface area contributed by atoms with Gasteiger partial charge in [-0.25, -0.2) is 9.59 Å². The molecule has 1 amide bonds. The van der Waals surface area contributed by atoms with Crippen molar-refractivity contribution in [3.05, 3.63) is 29.8 Å². The molecule has 0 aliphatic heterocycles. The monoisotopic (exact) mass is 409 g/mol. The Kier molecular flexibility index (Phi) is 6.99. The summed E-state index contributed by atoms with van der Waals surface area (Å²) in [4.78, 5) is 23.9. The number of aliphatic carboxylic acids is 1. The lowest BCUT2D eigenvalue weighted by Crippen LogP contribution is -2.54. The van der Waals surface area contributed by atoms with Crippen molar-refractivity contribution in [2.24, 2.45) is 0 Å². The Hall–Kier alpha value is -2.02. The first kappa shape index (κ1) is 24.0. The van der Waals surface area contributed by atoms with Crippen LogP contribution in [0.15, 0.2) is 24.3 Å². The number of hydrogen-bond acceptors (Lipinski definition) is 4. The molecule has 158 valence electrons. The summed E-state index contributed by atoms with van der Waals surface area (Å²) in [6, 6.07) is 7.37. The molecule has 1 rings (SSSR count). The summed E-state index contributed by atoms with van der Waals surface area (Å²) < 4.78 is 11.4. The molecule has 0 aliphatic rings. The molecule has 0 heterocycles. The number of hydrogen-bond donors (Lipinski definition) is 2. The summed E-state index contributed by atoms with van der Waals surface area (Å²) in [6.07, 6.45) is -0.627. The quantitative estimate of drug-likeness (QED) is 0.647. The van der Waals surface area contributed by atoms with Gasteiger partial charge in [0.2, 0.25) is 8.32 Å². The smallest absolute Gasteiger partial charge is 0.408 e. The maximum Gasteiger partial charge on any atom is 0.408 e. The van der Waals surface area contributed by atoms with Gasteiger partial charge < -0.3 is 19.6 Å². The van der Waals surface area contributed by atoms with Crippen LogP contribution in [0.1, 0.15) is 54.0 Å². The van der Waals surface area contributed by atoms with Crippen LogP contribution in [0.25, 0.3) is 0 Å². The lowest BCUT2D eigenvalue weighted by atomic mass is 9.93. The van der Waals surface area contributed by atoms with Gasteiger partial charge in [-0.15, -0.1) is 0 Å². The largest absolute Gasteiger partial charge is 0.544 e. The van der Waals surface area contributed by atoms with Crippen molar-refractivity contribution < 1.29 is 23.9 Å². The fraction of sp³-hybridized carbons (Fsp3) is 0.619. The summed E-state index contributed by atoms with van der Waals surface area (Å²) in [7, 11) is -1.94. The number of alkyl carbamates (subject to hydrolysis) is 1. The van der Waals surface area contributed by atoms with Crippen LogP contribution in [0.2, 0.25) is 18.1 Å².